The fourth-order valence-electron chi connectivity index (χ4n) is 5.17. The van der Waals surface area contributed by atoms with Crippen molar-refractivity contribution >= 4 is 5.91 Å². The van der Waals surface area contributed by atoms with E-state index in [1.807, 2.05) is 6.20 Å². The summed E-state index contributed by atoms with van der Waals surface area (Å²) in [5, 5.41) is 17.4. The maximum absolute atomic E-state index is 13.7. The van der Waals surface area contributed by atoms with Crippen LogP contribution in [0.5, 0.6) is 5.88 Å². The summed E-state index contributed by atoms with van der Waals surface area (Å²) in [6.07, 6.45) is 3.69. The lowest BCUT2D eigenvalue weighted by molar-refractivity contribution is -0.120. The van der Waals surface area contributed by atoms with E-state index in [4.69, 9.17) is 9.47 Å². The largest absolute Gasteiger partial charge is 0.468 e. The normalized spacial score (nSPS) is 23.1. The number of ether oxygens (including phenoxy) is 2. The number of rotatable bonds is 8. The van der Waals surface area contributed by atoms with Crippen LogP contribution in [0.3, 0.4) is 0 Å². The number of carbonyl (C=O) groups excluding carboxylic acids is 1. The number of pyridine rings is 1. The summed E-state index contributed by atoms with van der Waals surface area (Å²) in [6, 6.07) is 7.72. The van der Waals surface area contributed by atoms with Crippen molar-refractivity contribution in [2.75, 3.05) is 19.8 Å². The second-order valence-electron chi connectivity index (χ2n) is 11.4. The molecule has 2 aromatic rings. The molecule has 1 saturated heterocycles. The monoisotopic (exact) mass is 499 g/mol. The highest BCUT2D eigenvalue weighted by Crippen LogP contribution is 2.42. The number of hydrogen-bond acceptors (Lipinski definition) is 6. The molecule has 1 spiro atoms. The lowest BCUT2D eigenvalue weighted by Gasteiger charge is -2.39. The number of nitrogens with one attached hydrogen (secondary N) is 2. The van der Waals surface area contributed by atoms with E-state index >= 15 is 0 Å². The molecule has 4 rings (SSSR count). The van der Waals surface area contributed by atoms with Crippen molar-refractivity contribution in [2.45, 2.75) is 77.2 Å². The smallest absolute Gasteiger partial charge is 0.218 e. The highest BCUT2D eigenvalue weighted by atomic mass is 19.1. The minimum atomic E-state index is -0.884. The van der Waals surface area contributed by atoms with E-state index in [1.54, 1.807) is 12.1 Å². The zero-order valence-corrected chi connectivity index (χ0v) is 21.6. The summed E-state index contributed by atoms with van der Waals surface area (Å²) >= 11 is 0. The number of nitrogens with zero attached hydrogens (tertiary/aromatic N) is 1. The van der Waals surface area contributed by atoms with Crippen LogP contribution in [0.2, 0.25) is 0 Å². The summed E-state index contributed by atoms with van der Waals surface area (Å²) in [6.45, 7) is 9.39. The second kappa shape index (κ2) is 10.8. The van der Waals surface area contributed by atoms with E-state index in [0.717, 1.165) is 24.0 Å². The van der Waals surface area contributed by atoms with Gasteiger partial charge >= 0.3 is 0 Å². The van der Waals surface area contributed by atoms with E-state index in [9.17, 15) is 14.3 Å². The van der Waals surface area contributed by atoms with Gasteiger partial charge in [-0.15, -0.1) is 0 Å². The van der Waals surface area contributed by atoms with Crippen molar-refractivity contribution in [3.63, 3.8) is 0 Å². The Morgan fingerprint density at radius 3 is 2.78 bits per heavy atom. The fourth-order valence-corrected chi connectivity index (χ4v) is 5.17. The van der Waals surface area contributed by atoms with Gasteiger partial charge < -0.3 is 25.2 Å². The Kier molecular flexibility index (Phi) is 7.97. The van der Waals surface area contributed by atoms with Crippen LogP contribution in [0.4, 0.5) is 4.39 Å². The summed E-state index contributed by atoms with van der Waals surface area (Å²) in [7, 11) is 0. The Bertz CT molecular complexity index is 1070. The van der Waals surface area contributed by atoms with Gasteiger partial charge in [0.25, 0.3) is 0 Å². The van der Waals surface area contributed by atoms with Gasteiger partial charge in [-0.25, -0.2) is 9.37 Å². The Balaban J connectivity index is 1.52. The molecule has 0 saturated carbocycles. The van der Waals surface area contributed by atoms with Gasteiger partial charge in [-0.2, -0.15) is 0 Å². The molecule has 1 aromatic heterocycles. The third-order valence-electron chi connectivity index (χ3n) is 6.77. The van der Waals surface area contributed by atoms with Crippen LogP contribution in [-0.2, 0) is 22.4 Å². The van der Waals surface area contributed by atoms with Gasteiger partial charge in [0.1, 0.15) is 11.4 Å². The summed E-state index contributed by atoms with van der Waals surface area (Å²) in [4.78, 5) is 16.5. The van der Waals surface area contributed by atoms with Crippen LogP contribution < -0.4 is 15.4 Å². The third kappa shape index (κ3) is 6.81. The molecule has 2 aliphatic heterocycles. The van der Waals surface area contributed by atoms with Crippen molar-refractivity contribution < 1.29 is 23.8 Å². The molecule has 0 radical (unpaired) electrons. The van der Waals surface area contributed by atoms with Crippen LogP contribution in [-0.4, -0.2) is 53.5 Å². The number of aromatic nitrogens is 1. The molecule has 0 unspecified atom stereocenters. The third-order valence-corrected chi connectivity index (χ3v) is 6.77. The molecule has 7 nitrogen and oxygen atoms in total. The van der Waals surface area contributed by atoms with Gasteiger partial charge in [0.2, 0.25) is 11.8 Å². The number of halogens is 1. The number of aliphatic hydroxyl groups excluding tert-OH is 1. The van der Waals surface area contributed by atoms with Crippen LogP contribution in [0.15, 0.2) is 36.5 Å². The van der Waals surface area contributed by atoms with Crippen LogP contribution in [0.1, 0.15) is 63.3 Å². The lowest BCUT2D eigenvalue weighted by atomic mass is 9.85. The molecule has 36 heavy (non-hydrogen) atoms. The molecule has 0 bridgehead atoms. The topological polar surface area (TPSA) is 92.7 Å². The van der Waals surface area contributed by atoms with Crippen LogP contribution in [0.25, 0.3) is 0 Å². The van der Waals surface area contributed by atoms with E-state index in [2.05, 4.69) is 42.5 Å². The van der Waals surface area contributed by atoms with Crippen molar-refractivity contribution in [3.8, 4) is 5.88 Å². The molecule has 1 aromatic carbocycles. The molecule has 1 amide bonds. The minimum Gasteiger partial charge on any atom is -0.468 e. The molecular weight excluding hydrogens is 461 g/mol. The Morgan fingerprint density at radius 2 is 2.11 bits per heavy atom. The molecule has 196 valence electrons. The molecule has 4 atom stereocenters. The van der Waals surface area contributed by atoms with E-state index in [1.165, 1.54) is 19.1 Å². The van der Waals surface area contributed by atoms with Gasteiger partial charge in [-0.3, -0.25) is 4.79 Å². The summed E-state index contributed by atoms with van der Waals surface area (Å²) < 4.78 is 25.7. The fraction of sp³-hybridized carbons (Fsp3) is 0.571. The number of fused-ring (bicyclic) bond motifs is 1. The molecule has 3 heterocycles. The van der Waals surface area contributed by atoms with Crippen molar-refractivity contribution in [1.29, 1.82) is 0 Å². The molecule has 3 N–H and O–H groups in total. The number of benzene rings is 1. The van der Waals surface area contributed by atoms with Gasteiger partial charge in [-0.1, -0.05) is 32.9 Å². The Labute approximate surface area is 212 Å². The van der Waals surface area contributed by atoms with Crippen molar-refractivity contribution in [2.24, 2.45) is 5.41 Å². The van der Waals surface area contributed by atoms with E-state index in [-0.39, 0.29) is 29.7 Å². The Hall–Kier alpha value is -2.55. The average molecular weight is 500 g/mol. The lowest BCUT2D eigenvalue weighted by Crippen LogP contribution is -2.50. The summed E-state index contributed by atoms with van der Waals surface area (Å²) in [5.74, 6) is 0.0164. The number of amides is 1. The van der Waals surface area contributed by atoms with E-state index in [0.29, 0.717) is 37.5 Å². The average Bonchev–Trinajstić information content (AvgIpc) is 3.23. The van der Waals surface area contributed by atoms with Crippen LogP contribution in [0, 0.1) is 11.2 Å². The first kappa shape index (κ1) is 26.5. The predicted octanol–water partition coefficient (Wildman–Crippen LogP) is 3.49. The molecule has 8 heteroatoms. The van der Waals surface area contributed by atoms with Crippen molar-refractivity contribution in [3.05, 3.63) is 59.0 Å². The second-order valence-corrected chi connectivity index (χ2v) is 11.4. The minimum absolute atomic E-state index is 0.0929. The Morgan fingerprint density at radius 1 is 1.31 bits per heavy atom. The SMILES string of the molecule is CC(=O)N[C@@H](Cc1cccc(F)c1)[C@H](O)CN[C@H]1C[C@@]2(CCOC2)Oc2ncc(CC(C)(C)C)cc21. The van der Waals surface area contributed by atoms with E-state index < -0.39 is 17.7 Å². The zero-order valence-electron chi connectivity index (χ0n) is 21.6. The number of aliphatic hydroxyl groups is 1. The van der Waals surface area contributed by atoms with Crippen LogP contribution >= 0.6 is 0 Å². The molecular formula is C28H38FN3O4. The van der Waals surface area contributed by atoms with Gasteiger partial charge in [0.15, 0.2) is 0 Å². The van der Waals surface area contributed by atoms with Gasteiger partial charge in [-0.05, 0) is 47.6 Å². The zero-order chi connectivity index (χ0) is 25.9. The predicted molar refractivity (Wildman–Crippen MR) is 135 cm³/mol. The summed E-state index contributed by atoms with van der Waals surface area (Å²) in [5.41, 5.74) is 2.50. The number of carbonyl (C=O) groups is 1. The van der Waals surface area contributed by atoms with Gasteiger partial charge in [0.05, 0.1) is 25.4 Å². The quantitative estimate of drug-likeness (QED) is 0.515. The highest BCUT2D eigenvalue weighted by molar-refractivity contribution is 5.73. The standard InChI is InChI=1S/C28H38FN3O4/c1-18(33)32-23(12-19-6-5-7-21(29)10-19)25(34)16-30-24-14-28(8-9-35-17-28)36-26-22(24)11-20(15-31-26)13-27(2,3)4/h5-7,10-11,15,23-25,30,34H,8-9,12-14,16-17H2,1-4H3,(H,32,33)/t23-,24-,25+,28+/m0/s1. The first-order chi connectivity index (χ1) is 17.0. The molecule has 1 fully saturated rings. The maximum Gasteiger partial charge on any atom is 0.218 e. The first-order valence-electron chi connectivity index (χ1n) is 12.7. The van der Waals surface area contributed by atoms with Gasteiger partial charge in [0, 0.05) is 44.1 Å². The van der Waals surface area contributed by atoms with Crippen molar-refractivity contribution in [1.82, 2.24) is 15.6 Å². The first-order valence-corrected chi connectivity index (χ1v) is 12.7. The molecule has 2 aliphatic rings. The molecule has 0 aliphatic carbocycles. The highest BCUT2D eigenvalue weighted by Gasteiger charge is 2.45. The maximum atomic E-state index is 13.7. The number of hydrogen-bond donors (Lipinski definition) is 3.